The third kappa shape index (κ3) is 2.59. The summed E-state index contributed by atoms with van der Waals surface area (Å²) in [5.74, 6) is -0.304. The summed E-state index contributed by atoms with van der Waals surface area (Å²) >= 11 is 0. The Labute approximate surface area is 107 Å². The summed E-state index contributed by atoms with van der Waals surface area (Å²) in [7, 11) is 1.39. The quantitative estimate of drug-likeness (QED) is 0.747. The van der Waals surface area contributed by atoms with E-state index >= 15 is 0 Å². The van der Waals surface area contributed by atoms with E-state index < -0.39 is 0 Å². The third-order valence-corrected chi connectivity index (χ3v) is 2.86. The summed E-state index contributed by atoms with van der Waals surface area (Å²) < 4.78 is 4.68. The van der Waals surface area contributed by atoms with Crippen LogP contribution in [0.15, 0.2) is 42.5 Å². The highest BCUT2D eigenvalue weighted by Gasteiger charge is 2.05. The average molecular weight is 240 g/mol. The molecular weight excluding hydrogens is 224 g/mol. The monoisotopic (exact) mass is 240 g/mol. The van der Waals surface area contributed by atoms with Gasteiger partial charge < -0.3 is 4.74 Å². The second-order valence-corrected chi connectivity index (χ2v) is 4.45. The van der Waals surface area contributed by atoms with Gasteiger partial charge in [-0.1, -0.05) is 41.5 Å². The van der Waals surface area contributed by atoms with Crippen molar-refractivity contribution in [2.45, 2.75) is 13.8 Å². The Bertz CT molecular complexity index is 548. The minimum absolute atomic E-state index is 0.304. The van der Waals surface area contributed by atoms with Crippen molar-refractivity contribution < 1.29 is 9.53 Å². The van der Waals surface area contributed by atoms with Crippen LogP contribution in [-0.2, 0) is 4.74 Å². The average Bonchev–Trinajstić information content (AvgIpc) is 2.37. The molecule has 0 heterocycles. The summed E-state index contributed by atoms with van der Waals surface area (Å²) in [4.78, 5) is 11.3. The molecule has 0 spiro atoms. The smallest absolute Gasteiger partial charge is 0.337 e. The zero-order valence-corrected chi connectivity index (χ0v) is 10.9. The summed E-state index contributed by atoms with van der Waals surface area (Å²) in [6, 6.07) is 13.9. The predicted octanol–water partition coefficient (Wildman–Crippen LogP) is 3.76. The third-order valence-electron chi connectivity index (χ3n) is 2.86. The second-order valence-electron chi connectivity index (χ2n) is 4.45. The number of methoxy groups -OCH3 is 1. The number of rotatable bonds is 2. The fourth-order valence-electron chi connectivity index (χ4n) is 2.06. The Kier molecular flexibility index (Phi) is 3.47. The van der Waals surface area contributed by atoms with Gasteiger partial charge in [-0.3, -0.25) is 0 Å². The van der Waals surface area contributed by atoms with Crippen LogP contribution >= 0.6 is 0 Å². The molecule has 0 unspecified atom stereocenters. The summed E-state index contributed by atoms with van der Waals surface area (Å²) in [5, 5.41) is 0. The molecule has 2 heteroatoms. The SMILES string of the molecule is COC(=O)c1ccc(-c2cc(C)cc(C)c2)cc1. The largest absolute Gasteiger partial charge is 0.465 e. The van der Waals surface area contributed by atoms with Crippen LogP contribution in [0.2, 0.25) is 0 Å². The first-order chi connectivity index (χ1) is 8.60. The van der Waals surface area contributed by atoms with Crippen LogP contribution in [0.1, 0.15) is 21.5 Å². The van der Waals surface area contributed by atoms with E-state index in [1.165, 1.54) is 23.8 Å². The zero-order chi connectivity index (χ0) is 13.1. The Balaban J connectivity index is 2.37. The van der Waals surface area contributed by atoms with Crippen LogP contribution < -0.4 is 0 Å². The van der Waals surface area contributed by atoms with Gasteiger partial charge in [0.2, 0.25) is 0 Å². The fourth-order valence-corrected chi connectivity index (χ4v) is 2.06. The van der Waals surface area contributed by atoms with Crippen molar-refractivity contribution in [2.24, 2.45) is 0 Å². The number of aryl methyl sites for hydroxylation is 2. The van der Waals surface area contributed by atoms with Crippen molar-refractivity contribution in [3.8, 4) is 11.1 Å². The standard InChI is InChI=1S/C16H16O2/c1-11-8-12(2)10-15(9-11)13-4-6-14(7-5-13)16(17)18-3/h4-10H,1-3H3. The highest BCUT2D eigenvalue weighted by Crippen LogP contribution is 2.22. The van der Waals surface area contributed by atoms with Crippen molar-refractivity contribution in [2.75, 3.05) is 7.11 Å². The predicted molar refractivity (Wildman–Crippen MR) is 72.7 cm³/mol. The molecule has 18 heavy (non-hydrogen) atoms. The van der Waals surface area contributed by atoms with Crippen LogP contribution in [-0.4, -0.2) is 13.1 Å². The zero-order valence-electron chi connectivity index (χ0n) is 10.9. The summed E-state index contributed by atoms with van der Waals surface area (Å²) in [6.45, 7) is 4.17. The molecule has 0 N–H and O–H groups in total. The Morgan fingerprint density at radius 3 is 1.94 bits per heavy atom. The summed E-state index contributed by atoms with van der Waals surface area (Å²) in [5.41, 5.74) is 5.33. The van der Waals surface area contributed by atoms with Gasteiger partial charge in [0.25, 0.3) is 0 Å². The number of carbonyl (C=O) groups is 1. The van der Waals surface area contributed by atoms with E-state index in [2.05, 4.69) is 36.8 Å². The lowest BCUT2D eigenvalue weighted by molar-refractivity contribution is 0.0601. The van der Waals surface area contributed by atoms with E-state index in [-0.39, 0.29) is 5.97 Å². The van der Waals surface area contributed by atoms with Gasteiger partial charge in [0.1, 0.15) is 0 Å². The van der Waals surface area contributed by atoms with Crippen molar-refractivity contribution in [1.29, 1.82) is 0 Å². The molecule has 0 aliphatic carbocycles. The lowest BCUT2D eigenvalue weighted by atomic mass is 10.00. The van der Waals surface area contributed by atoms with Gasteiger partial charge in [0.05, 0.1) is 12.7 Å². The van der Waals surface area contributed by atoms with Crippen molar-refractivity contribution >= 4 is 5.97 Å². The minimum atomic E-state index is -0.304. The number of hydrogen-bond acceptors (Lipinski definition) is 2. The number of carbonyl (C=O) groups excluding carboxylic acids is 1. The van der Waals surface area contributed by atoms with Crippen molar-refractivity contribution in [3.05, 3.63) is 59.2 Å². The molecule has 2 rings (SSSR count). The molecule has 0 bridgehead atoms. The molecule has 0 fully saturated rings. The lowest BCUT2D eigenvalue weighted by Gasteiger charge is -2.06. The highest BCUT2D eigenvalue weighted by atomic mass is 16.5. The minimum Gasteiger partial charge on any atom is -0.465 e. The molecule has 2 aromatic carbocycles. The maximum absolute atomic E-state index is 11.3. The molecule has 0 saturated carbocycles. The van der Waals surface area contributed by atoms with E-state index in [0.29, 0.717) is 5.56 Å². The van der Waals surface area contributed by atoms with Gasteiger partial charge in [-0.25, -0.2) is 4.79 Å². The molecule has 0 amide bonds. The molecule has 92 valence electrons. The number of hydrogen-bond donors (Lipinski definition) is 0. The number of ether oxygens (including phenoxy) is 1. The molecular formula is C16H16O2. The molecule has 2 aromatic rings. The van der Waals surface area contributed by atoms with E-state index in [1.807, 2.05) is 12.1 Å². The maximum atomic E-state index is 11.3. The van der Waals surface area contributed by atoms with Crippen LogP contribution in [0.25, 0.3) is 11.1 Å². The Hall–Kier alpha value is -2.09. The highest BCUT2D eigenvalue weighted by molar-refractivity contribution is 5.90. The van der Waals surface area contributed by atoms with Gasteiger partial charge in [-0.05, 0) is 37.1 Å². The van der Waals surface area contributed by atoms with Gasteiger partial charge in [0.15, 0.2) is 0 Å². The molecule has 2 nitrogen and oxygen atoms in total. The van der Waals surface area contributed by atoms with Crippen LogP contribution in [0, 0.1) is 13.8 Å². The molecule has 0 aliphatic heterocycles. The topological polar surface area (TPSA) is 26.3 Å². The molecule has 0 aliphatic rings. The van der Waals surface area contributed by atoms with Crippen LogP contribution in [0.5, 0.6) is 0 Å². The van der Waals surface area contributed by atoms with E-state index in [4.69, 9.17) is 0 Å². The lowest BCUT2D eigenvalue weighted by Crippen LogP contribution is -2.00. The van der Waals surface area contributed by atoms with Crippen molar-refractivity contribution in [3.63, 3.8) is 0 Å². The maximum Gasteiger partial charge on any atom is 0.337 e. The van der Waals surface area contributed by atoms with Crippen LogP contribution in [0.4, 0.5) is 0 Å². The Morgan fingerprint density at radius 1 is 0.889 bits per heavy atom. The Morgan fingerprint density at radius 2 is 1.44 bits per heavy atom. The van der Waals surface area contributed by atoms with E-state index in [1.54, 1.807) is 12.1 Å². The normalized spacial score (nSPS) is 10.2. The molecule has 0 aromatic heterocycles. The first-order valence-electron chi connectivity index (χ1n) is 5.87. The second kappa shape index (κ2) is 5.05. The van der Waals surface area contributed by atoms with E-state index in [0.717, 1.165) is 5.56 Å². The first kappa shape index (κ1) is 12.4. The van der Waals surface area contributed by atoms with Crippen molar-refractivity contribution in [1.82, 2.24) is 0 Å². The van der Waals surface area contributed by atoms with E-state index in [9.17, 15) is 4.79 Å². The number of esters is 1. The summed E-state index contributed by atoms with van der Waals surface area (Å²) in [6.07, 6.45) is 0. The van der Waals surface area contributed by atoms with Crippen LogP contribution in [0.3, 0.4) is 0 Å². The molecule has 0 radical (unpaired) electrons. The number of benzene rings is 2. The molecule has 0 atom stereocenters. The molecule has 0 saturated heterocycles. The van der Waals surface area contributed by atoms with Gasteiger partial charge in [-0.15, -0.1) is 0 Å². The fraction of sp³-hybridized carbons (Fsp3) is 0.188. The van der Waals surface area contributed by atoms with Gasteiger partial charge in [-0.2, -0.15) is 0 Å². The van der Waals surface area contributed by atoms with Gasteiger partial charge in [0, 0.05) is 0 Å². The van der Waals surface area contributed by atoms with Gasteiger partial charge >= 0.3 is 5.97 Å². The first-order valence-corrected chi connectivity index (χ1v) is 5.87.